The minimum absolute atomic E-state index is 0.147. The first kappa shape index (κ1) is 20.0. The van der Waals surface area contributed by atoms with Crippen molar-refractivity contribution in [2.24, 2.45) is 0 Å². The minimum Gasteiger partial charge on any atom is -0.460 e. The summed E-state index contributed by atoms with van der Waals surface area (Å²) in [6, 6.07) is 0. The zero-order valence-electron chi connectivity index (χ0n) is 16.6. The predicted molar refractivity (Wildman–Crippen MR) is 97.6 cm³/mol. The van der Waals surface area contributed by atoms with Crippen LogP contribution in [0.4, 0.5) is 0 Å². The van der Waals surface area contributed by atoms with E-state index in [-0.39, 0.29) is 24.3 Å². The average molecular weight is 350 g/mol. The lowest BCUT2D eigenvalue weighted by molar-refractivity contribution is -0.154. The number of rotatable bonds is 6. The lowest BCUT2D eigenvalue weighted by Gasteiger charge is -2.32. The monoisotopic (exact) mass is 350 g/mol. The van der Waals surface area contributed by atoms with Gasteiger partial charge in [-0.2, -0.15) is 5.10 Å². The van der Waals surface area contributed by atoms with Gasteiger partial charge in [0.05, 0.1) is 11.2 Å². The Bertz CT molecular complexity index is 588. The molecule has 2 rings (SSSR count). The number of carbonyl (C=O) groups is 1. The maximum atomic E-state index is 11.7. The fourth-order valence-corrected chi connectivity index (χ4v) is 2.54. The van der Waals surface area contributed by atoms with Crippen LogP contribution >= 0.6 is 0 Å². The Morgan fingerprint density at radius 1 is 1.20 bits per heavy atom. The van der Waals surface area contributed by atoms with E-state index in [9.17, 15) is 4.79 Å². The summed E-state index contributed by atoms with van der Waals surface area (Å²) < 4.78 is 19.2. The number of hydrogen-bond donors (Lipinski definition) is 0. The summed E-state index contributed by atoms with van der Waals surface area (Å²) in [5.41, 5.74) is -0.206. The standard InChI is InChI=1S/C18H31BN2O4/c1-16(2,3)23-15(22)10-8-9-11-21-13-14(12-20-21)19-24-17(4,5)18(6,7)25-19/h12-13H,8-11H2,1-7H3. The topological polar surface area (TPSA) is 62.6 Å². The van der Waals surface area contributed by atoms with Crippen molar-refractivity contribution in [3.63, 3.8) is 0 Å². The van der Waals surface area contributed by atoms with Gasteiger partial charge >= 0.3 is 13.1 Å². The van der Waals surface area contributed by atoms with Crippen molar-refractivity contribution in [1.29, 1.82) is 0 Å². The molecule has 0 aromatic carbocycles. The quantitative estimate of drug-likeness (QED) is 0.448. The van der Waals surface area contributed by atoms with E-state index in [4.69, 9.17) is 14.0 Å². The molecule has 6 nitrogen and oxygen atoms in total. The van der Waals surface area contributed by atoms with Crippen molar-refractivity contribution in [2.45, 2.75) is 91.1 Å². The molecule has 0 unspecified atom stereocenters. The van der Waals surface area contributed by atoms with E-state index in [1.807, 2.05) is 59.3 Å². The zero-order chi connectivity index (χ0) is 18.9. The Balaban J connectivity index is 1.78. The summed E-state index contributed by atoms with van der Waals surface area (Å²) in [5.74, 6) is -0.147. The van der Waals surface area contributed by atoms with Gasteiger partial charge in [0.15, 0.2) is 0 Å². The molecular formula is C18H31BN2O4. The molecule has 0 atom stereocenters. The Morgan fingerprint density at radius 3 is 2.36 bits per heavy atom. The highest BCUT2D eigenvalue weighted by Crippen LogP contribution is 2.36. The fraction of sp³-hybridized carbons (Fsp3) is 0.778. The number of unbranched alkanes of at least 4 members (excludes halogenated alkanes) is 1. The summed E-state index contributed by atoms with van der Waals surface area (Å²) in [6.45, 7) is 14.5. The van der Waals surface area contributed by atoms with Crippen molar-refractivity contribution in [3.05, 3.63) is 12.4 Å². The lowest BCUT2D eigenvalue weighted by atomic mass is 9.82. The van der Waals surface area contributed by atoms with Crippen molar-refractivity contribution in [2.75, 3.05) is 0 Å². The van der Waals surface area contributed by atoms with Crippen molar-refractivity contribution in [1.82, 2.24) is 9.78 Å². The summed E-state index contributed by atoms with van der Waals surface area (Å²) in [4.78, 5) is 11.7. The van der Waals surface area contributed by atoms with Gasteiger partial charge in [0, 0.05) is 30.8 Å². The van der Waals surface area contributed by atoms with Crippen LogP contribution in [0.25, 0.3) is 0 Å². The number of hydrogen-bond acceptors (Lipinski definition) is 5. The molecule has 2 heterocycles. The maximum Gasteiger partial charge on any atom is 0.498 e. The zero-order valence-corrected chi connectivity index (χ0v) is 16.6. The SMILES string of the molecule is CC(C)(C)OC(=O)CCCCn1cc(B2OC(C)(C)C(C)(C)O2)cn1. The summed E-state index contributed by atoms with van der Waals surface area (Å²) >= 11 is 0. The van der Waals surface area contributed by atoms with Gasteiger partial charge < -0.3 is 14.0 Å². The van der Waals surface area contributed by atoms with Gasteiger partial charge in [-0.3, -0.25) is 9.48 Å². The molecule has 25 heavy (non-hydrogen) atoms. The number of esters is 1. The lowest BCUT2D eigenvalue weighted by Crippen LogP contribution is -2.41. The van der Waals surface area contributed by atoms with Crippen LogP contribution < -0.4 is 5.46 Å². The molecule has 140 valence electrons. The third kappa shape index (κ3) is 5.32. The van der Waals surface area contributed by atoms with E-state index in [1.54, 1.807) is 6.20 Å². The summed E-state index contributed by atoms with van der Waals surface area (Å²) in [5, 5.41) is 4.37. The van der Waals surface area contributed by atoms with E-state index < -0.39 is 5.60 Å². The molecule has 1 fully saturated rings. The van der Waals surface area contributed by atoms with Crippen molar-refractivity contribution < 1.29 is 18.8 Å². The molecule has 7 heteroatoms. The Labute approximate surface area is 151 Å². The van der Waals surface area contributed by atoms with E-state index in [0.717, 1.165) is 24.8 Å². The molecule has 0 saturated carbocycles. The van der Waals surface area contributed by atoms with E-state index in [0.29, 0.717) is 6.42 Å². The second-order valence-corrected chi connectivity index (χ2v) is 8.67. The Kier molecular flexibility index (Phi) is 5.69. The van der Waals surface area contributed by atoms with Crippen LogP contribution in [0, 0.1) is 0 Å². The molecule has 0 amide bonds. The van der Waals surface area contributed by atoms with Gasteiger partial charge in [-0.1, -0.05) is 0 Å². The van der Waals surface area contributed by atoms with Gasteiger partial charge in [-0.05, 0) is 61.3 Å². The molecule has 1 aliphatic heterocycles. The second-order valence-electron chi connectivity index (χ2n) is 8.67. The summed E-state index contributed by atoms with van der Waals surface area (Å²) in [6.07, 6.45) is 5.82. The first-order valence-corrected chi connectivity index (χ1v) is 8.99. The average Bonchev–Trinajstić information content (AvgIpc) is 2.96. The number of ether oxygens (including phenoxy) is 1. The van der Waals surface area contributed by atoms with Crippen LogP contribution in [-0.2, 0) is 25.4 Å². The predicted octanol–water partition coefficient (Wildman–Crippen LogP) is 2.69. The van der Waals surface area contributed by atoms with Gasteiger partial charge in [-0.25, -0.2) is 0 Å². The smallest absolute Gasteiger partial charge is 0.460 e. The highest BCUT2D eigenvalue weighted by molar-refractivity contribution is 6.61. The molecule has 1 saturated heterocycles. The number of carbonyl (C=O) groups excluding carboxylic acids is 1. The molecule has 0 radical (unpaired) electrons. The van der Waals surface area contributed by atoms with E-state index in [1.165, 1.54) is 0 Å². The maximum absolute atomic E-state index is 11.7. The molecule has 1 aromatic heterocycles. The number of nitrogens with zero attached hydrogens (tertiary/aromatic N) is 2. The van der Waals surface area contributed by atoms with Crippen LogP contribution in [-0.4, -0.2) is 39.7 Å². The van der Waals surface area contributed by atoms with Crippen LogP contribution in [0.15, 0.2) is 12.4 Å². The third-order valence-corrected chi connectivity index (χ3v) is 4.62. The normalized spacial score (nSPS) is 19.2. The van der Waals surface area contributed by atoms with Crippen LogP contribution in [0.2, 0.25) is 0 Å². The van der Waals surface area contributed by atoms with Crippen LogP contribution in [0.1, 0.15) is 67.7 Å². The van der Waals surface area contributed by atoms with Crippen LogP contribution in [0.5, 0.6) is 0 Å². The van der Waals surface area contributed by atoms with Crippen LogP contribution in [0.3, 0.4) is 0 Å². The highest BCUT2D eigenvalue weighted by atomic mass is 16.7. The van der Waals surface area contributed by atoms with Crippen molar-refractivity contribution in [3.8, 4) is 0 Å². The molecule has 0 spiro atoms. The molecular weight excluding hydrogens is 319 g/mol. The summed E-state index contributed by atoms with van der Waals surface area (Å²) in [7, 11) is -0.388. The largest absolute Gasteiger partial charge is 0.498 e. The van der Waals surface area contributed by atoms with Gasteiger partial charge in [0.25, 0.3) is 0 Å². The van der Waals surface area contributed by atoms with Crippen molar-refractivity contribution >= 4 is 18.6 Å². The highest BCUT2D eigenvalue weighted by Gasteiger charge is 2.52. The van der Waals surface area contributed by atoms with E-state index >= 15 is 0 Å². The number of aryl methyl sites for hydroxylation is 1. The first-order chi connectivity index (χ1) is 11.4. The fourth-order valence-electron chi connectivity index (χ4n) is 2.54. The molecule has 0 N–H and O–H groups in total. The third-order valence-electron chi connectivity index (χ3n) is 4.62. The second kappa shape index (κ2) is 7.12. The van der Waals surface area contributed by atoms with Gasteiger partial charge in [0.2, 0.25) is 0 Å². The van der Waals surface area contributed by atoms with Gasteiger partial charge in [-0.15, -0.1) is 0 Å². The first-order valence-electron chi connectivity index (χ1n) is 8.99. The molecule has 1 aromatic rings. The van der Waals surface area contributed by atoms with E-state index in [2.05, 4.69) is 5.10 Å². The molecule has 0 bridgehead atoms. The van der Waals surface area contributed by atoms with Gasteiger partial charge in [0.1, 0.15) is 5.60 Å². The molecule has 1 aliphatic rings. The Hall–Kier alpha value is -1.34. The Morgan fingerprint density at radius 2 is 1.80 bits per heavy atom. The molecule has 0 aliphatic carbocycles. The number of aromatic nitrogens is 2. The minimum atomic E-state index is -0.420.